The lowest BCUT2D eigenvalue weighted by atomic mass is 9.97. The van der Waals surface area contributed by atoms with Gasteiger partial charge in [0.05, 0.1) is 12.0 Å². The van der Waals surface area contributed by atoms with E-state index in [2.05, 4.69) is 5.32 Å². The lowest BCUT2D eigenvalue weighted by Gasteiger charge is -2.21. The largest absolute Gasteiger partial charge is 0.389 e. The Bertz CT molecular complexity index is 433. The van der Waals surface area contributed by atoms with E-state index in [0.717, 1.165) is 18.4 Å². The Balaban J connectivity index is 1.98. The minimum atomic E-state index is -0.869. The van der Waals surface area contributed by atoms with E-state index in [1.807, 2.05) is 0 Å². The molecule has 0 heterocycles. The molecule has 0 unspecified atom stereocenters. The second-order valence-electron chi connectivity index (χ2n) is 5.17. The van der Waals surface area contributed by atoms with E-state index >= 15 is 0 Å². The fraction of sp³-hybridized carbons (Fsp3) is 0.500. The molecule has 1 aliphatic rings. The summed E-state index contributed by atoms with van der Waals surface area (Å²) >= 11 is 0. The minimum Gasteiger partial charge on any atom is -0.389 e. The Morgan fingerprint density at radius 2 is 2.06 bits per heavy atom. The average molecular weight is 251 g/mol. The summed E-state index contributed by atoms with van der Waals surface area (Å²) in [5.74, 6) is -0.630. The Labute approximate surface area is 106 Å². The molecule has 0 bridgehead atoms. The molecule has 1 amide bonds. The number of anilines is 1. The topological polar surface area (TPSA) is 49.3 Å². The quantitative estimate of drug-likeness (QED) is 0.867. The van der Waals surface area contributed by atoms with Crippen molar-refractivity contribution in [3.05, 3.63) is 29.6 Å². The molecule has 4 heteroatoms. The summed E-state index contributed by atoms with van der Waals surface area (Å²) in [5.41, 5.74) is 0.330. The summed E-state index contributed by atoms with van der Waals surface area (Å²) in [4.78, 5) is 11.8. The van der Waals surface area contributed by atoms with Gasteiger partial charge >= 0.3 is 0 Å². The molecule has 0 aliphatic heterocycles. The van der Waals surface area contributed by atoms with Crippen molar-refractivity contribution >= 4 is 11.6 Å². The number of nitrogens with one attached hydrogen (secondary N) is 1. The molecule has 1 aromatic rings. The summed E-state index contributed by atoms with van der Waals surface area (Å²) in [7, 11) is 0. The molecule has 1 aromatic carbocycles. The highest BCUT2D eigenvalue weighted by Crippen LogP contribution is 2.32. The molecule has 1 fully saturated rings. The smallest absolute Gasteiger partial charge is 0.227 e. The number of carbonyl (C=O) groups excluding carboxylic acids is 1. The van der Waals surface area contributed by atoms with Crippen molar-refractivity contribution in [3.63, 3.8) is 0 Å². The van der Waals surface area contributed by atoms with E-state index in [0.29, 0.717) is 18.5 Å². The van der Waals surface area contributed by atoms with Crippen LogP contribution in [0.15, 0.2) is 18.2 Å². The first-order valence-electron chi connectivity index (χ1n) is 6.26. The zero-order valence-corrected chi connectivity index (χ0v) is 10.5. The van der Waals surface area contributed by atoms with Crippen LogP contribution in [-0.4, -0.2) is 16.6 Å². The average Bonchev–Trinajstić information content (AvgIpc) is 2.62. The number of aliphatic hydroxyl groups is 1. The number of hydrogen-bond donors (Lipinski definition) is 2. The molecule has 0 aromatic heterocycles. The van der Waals surface area contributed by atoms with Gasteiger partial charge in [0.25, 0.3) is 0 Å². The van der Waals surface area contributed by atoms with Gasteiger partial charge in [-0.3, -0.25) is 4.79 Å². The van der Waals surface area contributed by atoms with Crippen molar-refractivity contribution in [2.75, 3.05) is 5.32 Å². The third-order valence-corrected chi connectivity index (χ3v) is 3.35. The summed E-state index contributed by atoms with van der Waals surface area (Å²) < 4.78 is 13.2. The van der Waals surface area contributed by atoms with E-state index in [-0.39, 0.29) is 18.1 Å². The lowest BCUT2D eigenvalue weighted by molar-refractivity contribution is -0.120. The van der Waals surface area contributed by atoms with Crippen LogP contribution in [0.25, 0.3) is 0 Å². The molecule has 0 saturated heterocycles. The Morgan fingerprint density at radius 1 is 1.39 bits per heavy atom. The predicted molar refractivity (Wildman–Crippen MR) is 67.8 cm³/mol. The maximum Gasteiger partial charge on any atom is 0.227 e. The van der Waals surface area contributed by atoms with E-state index < -0.39 is 5.60 Å². The number of benzene rings is 1. The van der Waals surface area contributed by atoms with Gasteiger partial charge in [0, 0.05) is 5.69 Å². The molecule has 0 spiro atoms. The fourth-order valence-electron chi connectivity index (χ4n) is 2.52. The van der Waals surface area contributed by atoms with Crippen LogP contribution in [0.1, 0.15) is 37.7 Å². The first-order chi connectivity index (χ1) is 8.47. The first kappa shape index (κ1) is 13.0. The van der Waals surface area contributed by atoms with Crippen LogP contribution < -0.4 is 5.32 Å². The molecule has 1 aliphatic carbocycles. The van der Waals surface area contributed by atoms with Crippen LogP contribution in [0, 0.1) is 12.7 Å². The van der Waals surface area contributed by atoms with Crippen LogP contribution >= 0.6 is 0 Å². The summed E-state index contributed by atoms with van der Waals surface area (Å²) in [6, 6.07) is 4.39. The van der Waals surface area contributed by atoms with E-state index in [1.54, 1.807) is 13.0 Å². The summed E-state index contributed by atoms with van der Waals surface area (Å²) in [5, 5.41) is 12.8. The zero-order chi connectivity index (χ0) is 13.2. The number of carbonyl (C=O) groups is 1. The predicted octanol–water partition coefficient (Wildman–Crippen LogP) is 2.77. The maximum atomic E-state index is 13.2. The molecule has 18 heavy (non-hydrogen) atoms. The van der Waals surface area contributed by atoms with Crippen molar-refractivity contribution in [3.8, 4) is 0 Å². The molecule has 2 rings (SSSR count). The Kier molecular flexibility index (Phi) is 3.66. The van der Waals surface area contributed by atoms with Gasteiger partial charge in [-0.2, -0.15) is 0 Å². The number of aryl methyl sites for hydroxylation is 1. The molecule has 0 radical (unpaired) electrons. The van der Waals surface area contributed by atoms with Gasteiger partial charge in [0.1, 0.15) is 5.82 Å². The highest BCUT2D eigenvalue weighted by Gasteiger charge is 2.33. The molecular formula is C14H18FNO2. The SMILES string of the molecule is Cc1cc(F)cc(NC(=O)CC2(O)CCCC2)c1. The second kappa shape index (κ2) is 5.06. The van der Waals surface area contributed by atoms with Crippen molar-refractivity contribution in [2.24, 2.45) is 0 Å². The van der Waals surface area contributed by atoms with Crippen molar-refractivity contribution in [2.45, 2.75) is 44.6 Å². The standard InChI is InChI=1S/C14H18FNO2/c1-10-6-11(15)8-12(7-10)16-13(17)9-14(18)4-2-3-5-14/h6-8,18H,2-5,9H2,1H3,(H,16,17). The van der Waals surface area contributed by atoms with Crippen LogP contribution in [0.4, 0.5) is 10.1 Å². The van der Waals surface area contributed by atoms with Gasteiger partial charge in [0.2, 0.25) is 5.91 Å². The van der Waals surface area contributed by atoms with E-state index in [9.17, 15) is 14.3 Å². The number of rotatable bonds is 3. The van der Waals surface area contributed by atoms with Crippen LogP contribution in [-0.2, 0) is 4.79 Å². The first-order valence-corrected chi connectivity index (χ1v) is 6.26. The summed E-state index contributed by atoms with van der Waals surface area (Å²) in [6.07, 6.45) is 3.35. The number of halogens is 1. The Morgan fingerprint density at radius 3 is 2.67 bits per heavy atom. The molecule has 0 atom stereocenters. The fourth-order valence-corrected chi connectivity index (χ4v) is 2.52. The van der Waals surface area contributed by atoms with Gasteiger partial charge in [0.15, 0.2) is 0 Å². The van der Waals surface area contributed by atoms with Gasteiger partial charge in [-0.25, -0.2) is 4.39 Å². The van der Waals surface area contributed by atoms with Crippen LogP contribution in [0.5, 0.6) is 0 Å². The molecular weight excluding hydrogens is 233 g/mol. The molecule has 3 nitrogen and oxygen atoms in total. The zero-order valence-electron chi connectivity index (χ0n) is 10.5. The Hall–Kier alpha value is -1.42. The molecule has 2 N–H and O–H groups in total. The highest BCUT2D eigenvalue weighted by molar-refractivity contribution is 5.91. The van der Waals surface area contributed by atoms with Crippen molar-refractivity contribution < 1.29 is 14.3 Å². The van der Waals surface area contributed by atoms with Crippen LogP contribution in [0.3, 0.4) is 0 Å². The number of hydrogen-bond acceptors (Lipinski definition) is 2. The normalized spacial score (nSPS) is 17.7. The minimum absolute atomic E-state index is 0.0859. The van der Waals surface area contributed by atoms with E-state index in [4.69, 9.17) is 0 Å². The van der Waals surface area contributed by atoms with Gasteiger partial charge in [-0.05, 0) is 43.5 Å². The monoisotopic (exact) mass is 251 g/mol. The van der Waals surface area contributed by atoms with E-state index in [1.165, 1.54) is 12.1 Å². The van der Waals surface area contributed by atoms with Gasteiger partial charge in [-0.1, -0.05) is 12.8 Å². The third kappa shape index (κ3) is 3.29. The molecule has 1 saturated carbocycles. The van der Waals surface area contributed by atoms with Gasteiger partial charge < -0.3 is 10.4 Å². The summed E-state index contributed by atoms with van der Waals surface area (Å²) in [6.45, 7) is 1.77. The maximum absolute atomic E-state index is 13.2. The molecule has 98 valence electrons. The van der Waals surface area contributed by atoms with Crippen molar-refractivity contribution in [1.29, 1.82) is 0 Å². The van der Waals surface area contributed by atoms with Crippen LogP contribution in [0.2, 0.25) is 0 Å². The van der Waals surface area contributed by atoms with Crippen molar-refractivity contribution in [1.82, 2.24) is 0 Å². The second-order valence-corrected chi connectivity index (χ2v) is 5.17. The number of amides is 1. The third-order valence-electron chi connectivity index (χ3n) is 3.35. The highest BCUT2D eigenvalue weighted by atomic mass is 19.1. The lowest BCUT2D eigenvalue weighted by Crippen LogP contribution is -2.30. The van der Waals surface area contributed by atoms with Gasteiger partial charge in [-0.15, -0.1) is 0 Å².